The zero-order valence-corrected chi connectivity index (χ0v) is 17.9. The van der Waals surface area contributed by atoms with E-state index in [1.54, 1.807) is 11.3 Å². The van der Waals surface area contributed by atoms with Crippen LogP contribution >= 0.6 is 11.3 Å². The lowest BCUT2D eigenvalue weighted by atomic mass is 9.72. The molecule has 2 fully saturated rings. The summed E-state index contributed by atoms with van der Waals surface area (Å²) in [6.07, 6.45) is 1.16. The van der Waals surface area contributed by atoms with Gasteiger partial charge in [0.05, 0.1) is 16.6 Å². The molecule has 0 unspecified atom stereocenters. The second kappa shape index (κ2) is 7.63. The Morgan fingerprint density at radius 2 is 1.97 bits per heavy atom. The molecule has 2 atom stereocenters. The first kappa shape index (κ1) is 18.9. The van der Waals surface area contributed by atoms with Gasteiger partial charge in [-0.3, -0.25) is 9.80 Å². The molecular weight excluding hydrogens is 382 g/mol. The van der Waals surface area contributed by atoms with Crippen LogP contribution in [0.1, 0.15) is 34.3 Å². The van der Waals surface area contributed by atoms with Crippen molar-refractivity contribution in [2.75, 3.05) is 26.2 Å². The summed E-state index contributed by atoms with van der Waals surface area (Å²) in [5, 5.41) is 4.41. The van der Waals surface area contributed by atoms with E-state index in [1.807, 2.05) is 12.4 Å². The standard InChI is InChI=1S/C22H27N5OS/c1-16-20(29-15-23-16)12-26-9-8-19-11-27(10-18-6-4-3-5-7-18)14-22(19,13-26)21-24-17(2)28-25-21/h3-7,15,19H,8-14H2,1-2H3/t19-,22-/m0/s1. The van der Waals surface area contributed by atoms with Gasteiger partial charge in [0.2, 0.25) is 5.89 Å². The average Bonchev–Trinajstić information content (AvgIpc) is 3.42. The van der Waals surface area contributed by atoms with Crippen LogP contribution in [0.2, 0.25) is 0 Å². The van der Waals surface area contributed by atoms with Gasteiger partial charge in [-0.1, -0.05) is 35.5 Å². The highest BCUT2D eigenvalue weighted by Crippen LogP contribution is 2.44. The fraction of sp³-hybridized carbons (Fsp3) is 0.500. The summed E-state index contributed by atoms with van der Waals surface area (Å²) in [5.41, 5.74) is 4.40. The van der Waals surface area contributed by atoms with E-state index in [0.717, 1.165) is 57.2 Å². The van der Waals surface area contributed by atoms with Crippen molar-refractivity contribution in [3.05, 3.63) is 63.7 Å². The maximum atomic E-state index is 5.43. The Labute approximate surface area is 175 Å². The average molecular weight is 410 g/mol. The molecule has 2 aliphatic heterocycles. The van der Waals surface area contributed by atoms with Crippen molar-refractivity contribution in [2.24, 2.45) is 5.92 Å². The van der Waals surface area contributed by atoms with Crippen LogP contribution in [0.5, 0.6) is 0 Å². The van der Waals surface area contributed by atoms with E-state index in [1.165, 1.54) is 10.4 Å². The molecule has 0 saturated carbocycles. The van der Waals surface area contributed by atoms with Gasteiger partial charge in [-0.25, -0.2) is 4.98 Å². The number of likely N-dealkylation sites (tertiary alicyclic amines) is 2. The van der Waals surface area contributed by atoms with Crippen molar-refractivity contribution >= 4 is 11.3 Å². The van der Waals surface area contributed by atoms with E-state index in [2.05, 4.69) is 57.2 Å². The number of rotatable bonds is 5. The van der Waals surface area contributed by atoms with E-state index in [9.17, 15) is 0 Å². The van der Waals surface area contributed by atoms with Crippen LogP contribution in [0.4, 0.5) is 0 Å². The van der Waals surface area contributed by atoms with Gasteiger partial charge in [0.25, 0.3) is 0 Å². The quantitative estimate of drug-likeness (QED) is 0.644. The van der Waals surface area contributed by atoms with Gasteiger partial charge < -0.3 is 4.52 Å². The van der Waals surface area contributed by atoms with Crippen LogP contribution in [0, 0.1) is 19.8 Å². The Kier molecular flexibility index (Phi) is 4.97. The van der Waals surface area contributed by atoms with Crippen molar-refractivity contribution < 1.29 is 4.52 Å². The third-order valence-corrected chi connectivity index (χ3v) is 7.42. The minimum absolute atomic E-state index is 0.0661. The normalized spacial score (nSPS) is 25.4. The van der Waals surface area contributed by atoms with Crippen molar-refractivity contribution in [3.8, 4) is 0 Å². The molecule has 6 nitrogen and oxygen atoms in total. The minimum atomic E-state index is -0.0661. The summed E-state index contributed by atoms with van der Waals surface area (Å²) in [4.78, 5) is 15.7. The molecule has 29 heavy (non-hydrogen) atoms. The summed E-state index contributed by atoms with van der Waals surface area (Å²) in [6.45, 7) is 10.1. The topological polar surface area (TPSA) is 58.3 Å². The van der Waals surface area contributed by atoms with Crippen LogP contribution < -0.4 is 0 Å². The van der Waals surface area contributed by atoms with Gasteiger partial charge in [0.15, 0.2) is 5.82 Å². The molecule has 0 N–H and O–H groups in total. The second-order valence-corrected chi connectivity index (χ2v) is 9.44. The minimum Gasteiger partial charge on any atom is -0.340 e. The number of aromatic nitrogens is 3. The Hall–Kier alpha value is -2.09. The van der Waals surface area contributed by atoms with E-state index < -0.39 is 0 Å². The summed E-state index contributed by atoms with van der Waals surface area (Å²) in [5.74, 6) is 2.10. The Morgan fingerprint density at radius 3 is 2.69 bits per heavy atom. The molecule has 2 aliphatic rings. The van der Waals surface area contributed by atoms with Gasteiger partial charge in [0.1, 0.15) is 0 Å². The van der Waals surface area contributed by atoms with E-state index >= 15 is 0 Å². The number of aryl methyl sites for hydroxylation is 2. The molecule has 0 amide bonds. The molecule has 2 saturated heterocycles. The number of hydrogen-bond acceptors (Lipinski definition) is 7. The molecule has 152 valence electrons. The SMILES string of the molecule is Cc1nc([C@]23CN(Cc4scnc4C)CC[C@H]2CN(Cc2ccccc2)C3)no1. The fourth-order valence-corrected chi connectivity index (χ4v) is 5.86. The van der Waals surface area contributed by atoms with Crippen molar-refractivity contribution in [2.45, 2.75) is 38.8 Å². The van der Waals surface area contributed by atoms with Gasteiger partial charge in [-0.15, -0.1) is 11.3 Å². The highest BCUT2D eigenvalue weighted by atomic mass is 32.1. The molecule has 0 aliphatic carbocycles. The Bertz CT molecular complexity index is 971. The molecule has 5 rings (SSSR count). The number of benzene rings is 1. The van der Waals surface area contributed by atoms with Gasteiger partial charge in [-0.05, 0) is 31.4 Å². The predicted molar refractivity (Wildman–Crippen MR) is 113 cm³/mol. The van der Waals surface area contributed by atoms with Crippen molar-refractivity contribution in [1.82, 2.24) is 24.9 Å². The maximum Gasteiger partial charge on any atom is 0.223 e. The van der Waals surface area contributed by atoms with Crippen LogP contribution in [0.3, 0.4) is 0 Å². The summed E-state index contributed by atoms with van der Waals surface area (Å²) in [6, 6.07) is 10.7. The molecule has 1 aromatic carbocycles. The smallest absolute Gasteiger partial charge is 0.223 e. The van der Waals surface area contributed by atoms with Crippen LogP contribution in [-0.4, -0.2) is 51.1 Å². The Morgan fingerprint density at radius 1 is 1.14 bits per heavy atom. The van der Waals surface area contributed by atoms with E-state index in [0.29, 0.717) is 11.8 Å². The first-order valence-corrected chi connectivity index (χ1v) is 11.2. The number of piperidine rings is 1. The number of hydrogen-bond donors (Lipinski definition) is 0. The number of thiazole rings is 1. The lowest BCUT2D eigenvalue weighted by molar-refractivity contribution is 0.105. The molecule has 2 aromatic heterocycles. The zero-order valence-electron chi connectivity index (χ0n) is 17.0. The lowest BCUT2D eigenvalue weighted by Crippen LogP contribution is -2.52. The van der Waals surface area contributed by atoms with E-state index in [4.69, 9.17) is 9.51 Å². The Balaban J connectivity index is 1.41. The molecule has 4 heterocycles. The maximum absolute atomic E-state index is 5.43. The van der Waals surface area contributed by atoms with Crippen molar-refractivity contribution in [3.63, 3.8) is 0 Å². The van der Waals surface area contributed by atoms with E-state index in [-0.39, 0.29) is 5.41 Å². The summed E-state index contributed by atoms with van der Waals surface area (Å²) < 4.78 is 5.43. The third kappa shape index (κ3) is 3.63. The highest BCUT2D eigenvalue weighted by molar-refractivity contribution is 7.09. The van der Waals surface area contributed by atoms with Gasteiger partial charge >= 0.3 is 0 Å². The summed E-state index contributed by atoms with van der Waals surface area (Å²) >= 11 is 1.76. The molecule has 7 heteroatoms. The van der Waals surface area contributed by atoms with Gasteiger partial charge in [0, 0.05) is 44.5 Å². The van der Waals surface area contributed by atoms with Crippen LogP contribution in [0.15, 0.2) is 40.4 Å². The first-order valence-electron chi connectivity index (χ1n) is 10.3. The largest absolute Gasteiger partial charge is 0.340 e. The van der Waals surface area contributed by atoms with Gasteiger partial charge in [-0.2, -0.15) is 4.98 Å². The monoisotopic (exact) mass is 409 g/mol. The second-order valence-electron chi connectivity index (χ2n) is 8.51. The fourth-order valence-electron chi connectivity index (χ4n) is 5.05. The molecule has 3 aromatic rings. The molecule has 0 radical (unpaired) electrons. The molecular formula is C22H27N5OS. The first-order chi connectivity index (χ1) is 14.1. The van der Waals surface area contributed by atoms with Crippen LogP contribution in [-0.2, 0) is 18.5 Å². The molecule has 0 bridgehead atoms. The van der Waals surface area contributed by atoms with Crippen molar-refractivity contribution in [1.29, 1.82) is 0 Å². The molecule has 0 spiro atoms. The summed E-state index contributed by atoms with van der Waals surface area (Å²) in [7, 11) is 0. The predicted octanol–water partition coefficient (Wildman–Crippen LogP) is 3.42. The number of nitrogens with zero attached hydrogens (tertiary/aromatic N) is 5. The highest BCUT2D eigenvalue weighted by Gasteiger charge is 2.53. The zero-order chi connectivity index (χ0) is 19.8. The number of fused-ring (bicyclic) bond motifs is 1. The van der Waals surface area contributed by atoms with Crippen LogP contribution in [0.25, 0.3) is 0 Å². The third-order valence-electron chi connectivity index (χ3n) is 6.50. The lowest BCUT2D eigenvalue weighted by Gasteiger charge is -2.42.